The van der Waals surface area contributed by atoms with Crippen LogP contribution in [0.4, 0.5) is 10.1 Å². The van der Waals surface area contributed by atoms with Gasteiger partial charge in [0.1, 0.15) is 0 Å². The van der Waals surface area contributed by atoms with Gasteiger partial charge in [-0.25, -0.2) is 4.39 Å². The van der Waals surface area contributed by atoms with E-state index >= 15 is 0 Å². The lowest BCUT2D eigenvalue weighted by Gasteiger charge is -2.18. The van der Waals surface area contributed by atoms with Crippen molar-refractivity contribution in [1.82, 2.24) is 0 Å². The Bertz CT molecular complexity index is 692. The standard InChI is InChI=1S/C17H17FN2O/c1-11-4-5-13(10-19)8-16(11)20-12(2)14-6-7-15(18)17(9-14)21-3/h4-9,12,20H,1-3H3. The minimum atomic E-state index is -0.379. The molecule has 0 saturated carbocycles. The lowest BCUT2D eigenvalue weighted by Crippen LogP contribution is -2.08. The first-order valence-corrected chi connectivity index (χ1v) is 6.66. The minimum absolute atomic E-state index is 0.0351. The van der Waals surface area contributed by atoms with Crippen molar-refractivity contribution in [2.75, 3.05) is 12.4 Å². The molecule has 0 fully saturated rings. The van der Waals surface area contributed by atoms with Crippen molar-refractivity contribution in [3.8, 4) is 11.8 Å². The summed E-state index contributed by atoms with van der Waals surface area (Å²) in [6, 6.07) is 12.4. The zero-order chi connectivity index (χ0) is 15.4. The molecule has 21 heavy (non-hydrogen) atoms. The Morgan fingerprint density at radius 1 is 1.24 bits per heavy atom. The van der Waals surface area contributed by atoms with Gasteiger partial charge in [0.05, 0.1) is 18.7 Å². The molecule has 2 rings (SSSR count). The maximum Gasteiger partial charge on any atom is 0.165 e. The quantitative estimate of drug-likeness (QED) is 0.915. The third-order valence-electron chi connectivity index (χ3n) is 3.41. The van der Waals surface area contributed by atoms with E-state index in [1.165, 1.54) is 13.2 Å². The van der Waals surface area contributed by atoms with Crippen LogP contribution in [0.1, 0.15) is 29.7 Å². The number of aryl methyl sites for hydroxylation is 1. The molecule has 0 aliphatic heterocycles. The summed E-state index contributed by atoms with van der Waals surface area (Å²) in [5.74, 6) is -0.153. The van der Waals surface area contributed by atoms with Gasteiger partial charge in [0.2, 0.25) is 0 Å². The normalized spacial score (nSPS) is 11.6. The summed E-state index contributed by atoms with van der Waals surface area (Å²) in [6.45, 7) is 3.95. The number of anilines is 1. The van der Waals surface area contributed by atoms with Gasteiger partial charge in [-0.1, -0.05) is 12.1 Å². The summed E-state index contributed by atoms with van der Waals surface area (Å²) >= 11 is 0. The van der Waals surface area contributed by atoms with E-state index in [0.717, 1.165) is 16.8 Å². The highest BCUT2D eigenvalue weighted by atomic mass is 19.1. The smallest absolute Gasteiger partial charge is 0.165 e. The number of hydrogen-bond donors (Lipinski definition) is 1. The third kappa shape index (κ3) is 3.32. The van der Waals surface area contributed by atoms with E-state index in [4.69, 9.17) is 10.00 Å². The second-order valence-electron chi connectivity index (χ2n) is 4.90. The van der Waals surface area contributed by atoms with Crippen LogP contribution in [0.25, 0.3) is 0 Å². The maximum absolute atomic E-state index is 13.4. The zero-order valence-electron chi connectivity index (χ0n) is 12.3. The fraction of sp³-hybridized carbons (Fsp3) is 0.235. The Morgan fingerprint density at radius 3 is 2.67 bits per heavy atom. The number of nitrogens with one attached hydrogen (secondary N) is 1. The van der Waals surface area contributed by atoms with Gasteiger partial charge in [0.25, 0.3) is 0 Å². The van der Waals surface area contributed by atoms with E-state index in [-0.39, 0.29) is 17.6 Å². The number of rotatable bonds is 4. The molecule has 0 heterocycles. The van der Waals surface area contributed by atoms with Gasteiger partial charge in [-0.2, -0.15) is 5.26 Å². The van der Waals surface area contributed by atoms with Crippen molar-refractivity contribution in [2.45, 2.75) is 19.9 Å². The highest BCUT2D eigenvalue weighted by molar-refractivity contribution is 5.56. The highest BCUT2D eigenvalue weighted by Gasteiger charge is 2.11. The molecule has 2 aromatic carbocycles. The lowest BCUT2D eigenvalue weighted by molar-refractivity contribution is 0.385. The van der Waals surface area contributed by atoms with Gasteiger partial charge in [-0.15, -0.1) is 0 Å². The van der Waals surface area contributed by atoms with E-state index in [1.807, 2.05) is 26.0 Å². The molecule has 0 saturated heterocycles. The number of nitrogens with zero attached hydrogens (tertiary/aromatic N) is 1. The average molecular weight is 284 g/mol. The van der Waals surface area contributed by atoms with Crippen LogP contribution in [0, 0.1) is 24.1 Å². The van der Waals surface area contributed by atoms with Gasteiger partial charge in [-0.05, 0) is 49.2 Å². The lowest BCUT2D eigenvalue weighted by atomic mass is 10.1. The van der Waals surface area contributed by atoms with Crippen LogP contribution >= 0.6 is 0 Å². The summed E-state index contributed by atoms with van der Waals surface area (Å²) in [7, 11) is 1.45. The van der Waals surface area contributed by atoms with Gasteiger partial charge >= 0.3 is 0 Å². The van der Waals surface area contributed by atoms with Crippen molar-refractivity contribution in [2.24, 2.45) is 0 Å². The van der Waals surface area contributed by atoms with Crippen molar-refractivity contribution in [3.05, 3.63) is 58.9 Å². The fourth-order valence-corrected chi connectivity index (χ4v) is 2.11. The largest absolute Gasteiger partial charge is 0.494 e. The Labute approximate surface area is 124 Å². The Hall–Kier alpha value is -2.54. The van der Waals surface area contributed by atoms with Crippen LogP contribution in [0.5, 0.6) is 5.75 Å². The van der Waals surface area contributed by atoms with E-state index in [2.05, 4.69) is 11.4 Å². The second kappa shape index (κ2) is 6.27. The van der Waals surface area contributed by atoms with Gasteiger partial charge in [0, 0.05) is 11.7 Å². The van der Waals surface area contributed by atoms with Gasteiger partial charge in [-0.3, -0.25) is 0 Å². The van der Waals surface area contributed by atoms with Crippen LogP contribution in [-0.4, -0.2) is 7.11 Å². The summed E-state index contributed by atoms with van der Waals surface area (Å²) < 4.78 is 18.4. The highest BCUT2D eigenvalue weighted by Crippen LogP contribution is 2.26. The summed E-state index contributed by atoms with van der Waals surface area (Å²) in [6.07, 6.45) is 0. The summed E-state index contributed by atoms with van der Waals surface area (Å²) in [5.41, 5.74) is 3.46. The topological polar surface area (TPSA) is 45.0 Å². The van der Waals surface area contributed by atoms with Crippen molar-refractivity contribution >= 4 is 5.69 Å². The average Bonchev–Trinajstić information content (AvgIpc) is 2.49. The SMILES string of the molecule is COc1cc(C(C)Nc2cc(C#N)ccc2C)ccc1F. The first-order valence-electron chi connectivity index (χ1n) is 6.66. The molecule has 4 heteroatoms. The number of halogens is 1. The van der Waals surface area contributed by atoms with E-state index in [1.54, 1.807) is 18.2 Å². The van der Waals surface area contributed by atoms with E-state index < -0.39 is 0 Å². The molecule has 0 amide bonds. The first kappa shape index (κ1) is 14.9. The minimum Gasteiger partial charge on any atom is -0.494 e. The second-order valence-corrected chi connectivity index (χ2v) is 4.90. The van der Waals surface area contributed by atoms with Crippen molar-refractivity contribution in [1.29, 1.82) is 5.26 Å². The Kier molecular flexibility index (Phi) is 4.44. The summed E-state index contributed by atoms with van der Waals surface area (Å²) in [4.78, 5) is 0. The molecule has 0 bridgehead atoms. The number of benzene rings is 2. The van der Waals surface area contributed by atoms with Gasteiger partial charge < -0.3 is 10.1 Å². The number of ether oxygens (including phenoxy) is 1. The van der Waals surface area contributed by atoms with Gasteiger partial charge in [0.15, 0.2) is 11.6 Å². The van der Waals surface area contributed by atoms with Crippen molar-refractivity contribution in [3.63, 3.8) is 0 Å². The van der Waals surface area contributed by atoms with Crippen LogP contribution < -0.4 is 10.1 Å². The predicted molar refractivity (Wildman–Crippen MR) is 80.9 cm³/mol. The third-order valence-corrected chi connectivity index (χ3v) is 3.41. The maximum atomic E-state index is 13.4. The molecule has 0 radical (unpaired) electrons. The Balaban J connectivity index is 2.26. The number of methoxy groups -OCH3 is 1. The first-order chi connectivity index (χ1) is 10.0. The molecule has 0 aliphatic carbocycles. The monoisotopic (exact) mass is 284 g/mol. The van der Waals surface area contributed by atoms with E-state index in [9.17, 15) is 4.39 Å². The van der Waals surface area contributed by atoms with Crippen LogP contribution in [0.3, 0.4) is 0 Å². The van der Waals surface area contributed by atoms with Crippen LogP contribution in [-0.2, 0) is 0 Å². The van der Waals surface area contributed by atoms with E-state index in [0.29, 0.717) is 5.56 Å². The molecule has 1 unspecified atom stereocenters. The zero-order valence-corrected chi connectivity index (χ0v) is 12.3. The molecule has 1 atom stereocenters. The fourth-order valence-electron chi connectivity index (χ4n) is 2.11. The van der Waals surface area contributed by atoms with Crippen molar-refractivity contribution < 1.29 is 9.13 Å². The van der Waals surface area contributed by atoms with Crippen LogP contribution in [0.15, 0.2) is 36.4 Å². The number of nitriles is 1. The molecule has 0 aromatic heterocycles. The molecular weight excluding hydrogens is 267 g/mol. The predicted octanol–water partition coefficient (Wildman–Crippen LogP) is 4.19. The summed E-state index contributed by atoms with van der Waals surface area (Å²) in [5, 5.41) is 12.3. The molecular formula is C17H17FN2O. The molecule has 2 aromatic rings. The molecule has 108 valence electrons. The molecule has 0 spiro atoms. The molecule has 0 aliphatic rings. The Morgan fingerprint density at radius 2 is 2.00 bits per heavy atom. The number of hydrogen-bond acceptors (Lipinski definition) is 3. The molecule has 1 N–H and O–H groups in total. The molecule has 3 nitrogen and oxygen atoms in total. The van der Waals surface area contributed by atoms with Crippen LogP contribution in [0.2, 0.25) is 0 Å².